The van der Waals surface area contributed by atoms with E-state index in [2.05, 4.69) is 29.1 Å². The van der Waals surface area contributed by atoms with Gasteiger partial charge in [-0.15, -0.1) is 0 Å². The van der Waals surface area contributed by atoms with Gasteiger partial charge in [0.2, 0.25) is 5.91 Å². The number of aliphatic imine (C=N–C) groups is 1. The molecular weight excluding hydrogens is 284 g/mol. The number of nitrogens with one attached hydrogen (secondary N) is 2. The van der Waals surface area contributed by atoms with E-state index in [4.69, 9.17) is 5.73 Å². The fraction of sp³-hybridized carbons (Fsp3) is 0.467. The molecule has 0 fully saturated rings. The normalized spacial score (nSPS) is 12.8. The van der Waals surface area contributed by atoms with Gasteiger partial charge in [-0.2, -0.15) is 0 Å². The molecule has 4 N–H and O–H groups in total. The van der Waals surface area contributed by atoms with Gasteiger partial charge in [-0.3, -0.25) is 19.4 Å². The Labute approximate surface area is 130 Å². The van der Waals surface area contributed by atoms with Gasteiger partial charge in [-0.05, 0) is 18.4 Å². The van der Waals surface area contributed by atoms with E-state index in [-0.39, 0.29) is 11.3 Å². The van der Waals surface area contributed by atoms with Gasteiger partial charge in [-0.1, -0.05) is 26.8 Å². The lowest BCUT2D eigenvalue weighted by Crippen LogP contribution is -2.40. The molecule has 0 saturated carbocycles. The number of primary amides is 1. The second kappa shape index (κ2) is 10.3. The number of hydrogen-bond donors (Lipinski definition) is 3. The lowest BCUT2D eigenvalue weighted by atomic mass is 10.1. The highest BCUT2D eigenvalue weighted by atomic mass is 16.2. The summed E-state index contributed by atoms with van der Waals surface area (Å²) in [6, 6.07) is 0. The average Bonchev–Trinajstić information content (AvgIpc) is 2.44. The molecule has 0 radical (unpaired) electrons. The number of nitrogens with zero attached hydrogens (tertiary/aromatic N) is 1. The molecule has 122 valence electrons. The lowest BCUT2D eigenvalue weighted by molar-refractivity contribution is -0.138. The Bertz CT molecular complexity index is 495. The molecule has 0 aromatic carbocycles. The maximum atomic E-state index is 11.7. The Morgan fingerprint density at radius 3 is 2.45 bits per heavy atom. The first-order valence-corrected chi connectivity index (χ1v) is 7.03. The third kappa shape index (κ3) is 7.98. The van der Waals surface area contributed by atoms with E-state index >= 15 is 0 Å². The van der Waals surface area contributed by atoms with E-state index in [0.29, 0.717) is 12.5 Å². The van der Waals surface area contributed by atoms with Crippen molar-refractivity contribution < 1.29 is 14.4 Å². The van der Waals surface area contributed by atoms with E-state index in [1.54, 1.807) is 0 Å². The highest BCUT2D eigenvalue weighted by Crippen LogP contribution is 2.02. The minimum absolute atomic E-state index is 0.0739. The van der Waals surface area contributed by atoms with Crippen LogP contribution in [0.25, 0.3) is 0 Å². The van der Waals surface area contributed by atoms with Crippen molar-refractivity contribution in [2.24, 2.45) is 16.6 Å². The summed E-state index contributed by atoms with van der Waals surface area (Å²) in [6.45, 7) is 8.02. The SMILES string of the molecule is C=C(/C=C(\C=N/C)C(N)=O)NC(=O)C(=O)NCC(C)CCC. The average molecular weight is 308 g/mol. The molecule has 22 heavy (non-hydrogen) atoms. The van der Waals surface area contributed by atoms with E-state index < -0.39 is 17.7 Å². The highest BCUT2D eigenvalue weighted by molar-refractivity contribution is 6.35. The molecular formula is C15H24N4O3. The Morgan fingerprint density at radius 2 is 1.95 bits per heavy atom. The van der Waals surface area contributed by atoms with Crippen LogP contribution in [-0.2, 0) is 14.4 Å². The van der Waals surface area contributed by atoms with Gasteiger partial charge >= 0.3 is 11.8 Å². The summed E-state index contributed by atoms with van der Waals surface area (Å²) < 4.78 is 0. The zero-order valence-electron chi connectivity index (χ0n) is 13.3. The molecule has 7 nitrogen and oxygen atoms in total. The van der Waals surface area contributed by atoms with Crippen molar-refractivity contribution in [2.45, 2.75) is 26.7 Å². The predicted octanol–water partition coefficient (Wildman–Crippen LogP) is 0.281. The maximum absolute atomic E-state index is 11.7. The van der Waals surface area contributed by atoms with Crippen LogP contribution in [0.3, 0.4) is 0 Å². The molecule has 0 spiro atoms. The quantitative estimate of drug-likeness (QED) is 0.259. The highest BCUT2D eigenvalue weighted by Gasteiger charge is 2.14. The van der Waals surface area contributed by atoms with Gasteiger partial charge in [0, 0.05) is 25.5 Å². The number of nitrogens with two attached hydrogens (primary N) is 1. The maximum Gasteiger partial charge on any atom is 0.313 e. The summed E-state index contributed by atoms with van der Waals surface area (Å²) in [7, 11) is 1.48. The van der Waals surface area contributed by atoms with Crippen LogP contribution in [0.1, 0.15) is 26.7 Å². The molecule has 7 heteroatoms. The van der Waals surface area contributed by atoms with Crippen LogP contribution >= 0.6 is 0 Å². The van der Waals surface area contributed by atoms with E-state index in [9.17, 15) is 14.4 Å². The van der Waals surface area contributed by atoms with Crippen molar-refractivity contribution >= 4 is 23.9 Å². The zero-order valence-corrected chi connectivity index (χ0v) is 13.3. The van der Waals surface area contributed by atoms with Crippen molar-refractivity contribution in [1.82, 2.24) is 10.6 Å². The molecule has 0 aliphatic carbocycles. The third-order valence-electron chi connectivity index (χ3n) is 2.76. The Hall–Kier alpha value is -2.44. The second-order valence-electron chi connectivity index (χ2n) is 4.93. The topological polar surface area (TPSA) is 114 Å². The number of rotatable bonds is 8. The predicted molar refractivity (Wildman–Crippen MR) is 86.1 cm³/mol. The van der Waals surface area contributed by atoms with Gasteiger partial charge in [0.1, 0.15) is 0 Å². The van der Waals surface area contributed by atoms with Crippen molar-refractivity contribution in [1.29, 1.82) is 0 Å². The molecule has 1 atom stereocenters. The van der Waals surface area contributed by atoms with Crippen molar-refractivity contribution in [3.05, 3.63) is 23.9 Å². The van der Waals surface area contributed by atoms with Gasteiger partial charge in [0.15, 0.2) is 0 Å². The van der Waals surface area contributed by atoms with Gasteiger partial charge in [0.25, 0.3) is 0 Å². The first-order valence-electron chi connectivity index (χ1n) is 7.03. The molecule has 0 aliphatic heterocycles. The Morgan fingerprint density at radius 1 is 1.32 bits per heavy atom. The van der Waals surface area contributed by atoms with Crippen LogP contribution in [0.2, 0.25) is 0 Å². The van der Waals surface area contributed by atoms with Gasteiger partial charge < -0.3 is 16.4 Å². The van der Waals surface area contributed by atoms with Crippen LogP contribution in [0.4, 0.5) is 0 Å². The van der Waals surface area contributed by atoms with E-state index in [1.165, 1.54) is 19.3 Å². The third-order valence-corrected chi connectivity index (χ3v) is 2.76. The molecule has 0 saturated heterocycles. The van der Waals surface area contributed by atoms with E-state index in [1.807, 2.05) is 6.92 Å². The molecule has 3 amide bonds. The van der Waals surface area contributed by atoms with Crippen molar-refractivity contribution in [3.63, 3.8) is 0 Å². The first kappa shape index (κ1) is 19.6. The van der Waals surface area contributed by atoms with Gasteiger partial charge in [-0.25, -0.2) is 0 Å². The summed E-state index contributed by atoms with van der Waals surface area (Å²) >= 11 is 0. The number of amides is 3. The van der Waals surface area contributed by atoms with Crippen LogP contribution in [0, 0.1) is 5.92 Å². The number of hydrogen-bond acceptors (Lipinski definition) is 4. The number of carbonyl (C=O) groups is 3. The summed E-state index contributed by atoms with van der Waals surface area (Å²) in [5, 5.41) is 4.83. The lowest BCUT2D eigenvalue weighted by Gasteiger charge is -2.11. The molecule has 0 bridgehead atoms. The molecule has 0 aromatic heterocycles. The van der Waals surface area contributed by atoms with Crippen LogP contribution < -0.4 is 16.4 Å². The van der Waals surface area contributed by atoms with E-state index in [0.717, 1.165) is 12.8 Å². The summed E-state index contributed by atoms with van der Waals surface area (Å²) in [5.41, 5.74) is 5.29. The summed E-state index contributed by atoms with van der Waals surface area (Å²) in [4.78, 5) is 38.1. The second-order valence-corrected chi connectivity index (χ2v) is 4.93. The molecule has 1 unspecified atom stereocenters. The smallest absolute Gasteiger partial charge is 0.313 e. The van der Waals surface area contributed by atoms with Crippen LogP contribution in [0.5, 0.6) is 0 Å². The largest absolute Gasteiger partial charge is 0.366 e. The molecule has 0 aliphatic rings. The fourth-order valence-corrected chi connectivity index (χ4v) is 1.68. The molecule has 0 rings (SSSR count). The zero-order chi connectivity index (χ0) is 17.1. The Kier molecular flexibility index (Phi) is 9.17. The summed E-state index contributed by atoms with van der Waals surface area (Å²) in [6.07, 6.45) is 4.47. The first-order chi connectivity index (χ1) is 10.3. The molecule has 0 heterocycles. The Balaban J connectivity index is 4.52. The van der Waals surface area contributed by atoms with Crippen molar-refractivity contribution in [2.75, 3.05) is 13.6 Å². The minimum Gasteiger partial charge on any atom is -0.366 e. The summed E-state index contributed by atoms with van der Waals surface area (Å²) in [5.74, 6) is -2.00. The standard InChI is InChI=1S/C15H24N4O3/c1-5-6-10(2)8-18-14(21)15(22)19-11(3)7-12(9-17-4)13(16)20/h7,9-10H,3,5-6,8H2,1-2,4H3,(H2,16,20)(H,18,21)(H,19,22)/b12-7+,17-9-. The monoisotopic (exact) mass is 308 g/mol. The van der Waals surface area contributed by atoms with Crippen molar-refractivity contribution in [3.8, 4) is 0 Å². The molecule has 0 aromatic rings. The van der Waals surface area contributed by atoms with Gasteiger partial charge in [0.05, 0.1) is 5.57 Å². The van der Waals surface area contributed by atoms with Crippen LogP contribution in [0.15, 0.2) is 28.9 Å². The minimum atomic E-state index is -0.845. The fourth-order valence-electron chi connectivity index (χ4n) is 1.68. The number of allylic oxidation sites excluding steroid dienone is 1. The van der Waals surface area contributed by atoms with Crippen LogP contribution in [-0.4, -0.2) is 37.5 Å². The number of carbonyl (C=O) groups excluding carboxylic acids is 3.